The number of nitrogens with zero attached hydrogens (tertiary/aromatic N) is 3. The van der Waals surface area contributed by atoms with Gasteiger partial charge in [-0.05, 0) is 24.3 Å². The molecule has 0 radical (unpaired) electrons. The summed E-state index contributed by atoms with van der Waals surface area (Å²) in [6.45, 7) is 1.24. The Bertz CT molecular complexity index is 651. The van der Waals surface area contributed by atoms with E-state index in [1.54, 1.807) is 19.4 Å². The number of carbonyl (C=O) groups excluding carboxylic acids is 1. The molecule has 2 rings (SSSR count). The molecule has 0 saturated carbocycles. The fourth-order valence-corrected chi connectivity index (χ4v) is 2.18. The summed E-state index contributed by atoms with van der Waals surface area (Å²) in [4.78, 5) is 18.0. The molecule has 2 aromatic rings. The highest BCUT2D eigenvalue weighted by atomic mass is 127. The third-order valence-electron chi connectivity index (χ3n) is 3.47. The van der Waals surface area contributed by atoms with E-state index in [1.165, 1.54) is 0 Å². The molecular formula is C16H24IN5O2. The molecule has 8 heteroatoms. The van der Waals surface area contributed by atoms with Crippen LogP contribution in [0.15, 0.2) is 46.1 Å². The number of hydrogen-bond acceptors (Lipinski definition) is 3. The summed E-state index contributed by atoms with van der Waals surface area (Å²) in [6.07, 6.45) is 3.58. The molecule has 7 nitrogen and oxygen atoms in total. The largest absolute Gasteiger partial charge is 0.467 e. The lowest BCUT2D eigenvalue weighted by Gasteiger charge is -2.22. The molecule has 132 valence electrons. The van der Waals surface area contributed by atoms with Crippen molar-refractivity contribution in [3.05, 3.63) is 48.2 Å². The van der Waals surface area contributed by atoms with Crippen LogP contribution < -0.4 is 10.6 Å². The average molecular weight is 445 g/mol. The van der Waals surface area contributed by atoms with Gasteiger partial charge in [0.2, 0.25) is 5.91 Å². The average Bonchev–Trinajstić information content (AvgIpc) is 3.18. The number of carbonyl (C=O) groups is 1. The standard InChI is InChI=1S/C16H23N5O2.HI/c1-17-16(21(3)12-13-6-4-8-20(13)2)19-11-15(22)18-10-14-7-5-9-23-14;/h4-9H,10-12H2,1-3H3,(H,17,19)(H,18,22);1H. The van der Waals surface area contributed by atoms with Gasteiger partial charge in [0.15, 0.2) is 5.96 Å². The van der Waals surface area contributed by atoms with E-state index in [9.17, 15) is 4.79 Å². The Balaban J connectivity index is 0.00000288. The van der Waals surface area contributed by atoms with E-state index in [1.807, 2.05) is 37.3 Å². The molecule has 0 bridgehead atoms. The highest BCUT2D eigenvalue weighted by Gasteiger charge is 2.10. The Labute approximate surface area is 159 Å². The van der Waals surface area contributed by atoms with E-state index in [0.717, 1.165) is 11.5 Å². The maximum atomic E-state index is 11.9. The number of rotatable bonds is 6. The van der Waals surface area contributed by atoms with E-state index in [2.05, 4.69) is 26.3 Å². The van der Waals surface area contributed by atoms with Crippen LogP contribution in [0.25, 0.3) is 0 Å². The molecule has 2 aromatic heterocycles. The minimum Gasteiger partial charge on any atom is -0.467 e. The van der Waals surface area contributed by atoms with Gasteiger partial charge in [-0.2, -0.15) is 0 Å². The van der Waals surface area contributed by atoms with Gasteiger partial charge in [0.1, 0.15) is 5.76 Å². The zero-order valence-corrected chi connectivity index (χ0v) is 16.5. The Morgan fingerprint density at radius 2 is 2.12 bits per heavy atom. The van der Waals surface area contributed by atoms with E-state index >= 15 is 0 Å². The first-order valence-electron chi connectivity index (χ1n) is 7.41. The predicted octanol–water partition coefficient (Wildman–Crippen LogP) is 1.56. The van der Waals surface area contributed by atoms with Gasteiger partial charge in [-0.1, -0.05) is 0 Å². The van der Waals surface area contributed by atoms with Crippen LogP contribution in [0.1, 0.15) is 11.5 Å². The maximum Gasteiger partial charge on any atom is 0.239 e. The van der Waals surface area contributed by atoms with Crippen LogP contribution in [0.5, 0.6) is 0 Å². The Morgan fingerprint density at radius 1 is 1.33 bits per heavy atom. The second-order valence-corrected chi connectivity index (χ2v) is 5.22. The summed E-state index contributed by atoms with van der Waals surface area (Å²) >= 11 is 0. The topological polar surface area (TPSA) is 74.8 Å². The second-order valence-electron chi connectivity index (χ2n) is 5.22. The summed E-state index contributed by atoms with van der Waals surface area (Å²) in [5.74, 6) is 1.28. The fraction of sp³-hybridized carbons (Fsp3) is 0.375. The smallest absolute Gasteiger partial charge is 0.239 e. The monoisotopic (exact) mass is 445 g/mol. The molecule has 0 atom stereocenters. The van der Waals surface area contributed by atoms with E-state index in [0.29, 0.717) is 19.0 Å². The quantitative estimate of drug-likeness (QED) is 0.402. The van der Waals surface area contributed by atoms with Crippen molar-refractivity contribution < 1.29 is 9.21 Å². The molecule has 24 heavy (non-hydrogen) atoms. The van der Waals surface area contributed by atoms with E-state index in [-0.39, 0.29) is 36.4 Å². The summed E-state index contributed by atoms with van der Waals surface area (Å²) in [7, 11) is 5.63. The number of hydrogen-bond donors (Lipinski definition) is 2. The van der Waals surface area contributed by atoms with Crippen LogP contribution in [0.4, 0.5) is 0 Å². The highest BCUT2D eigenvalue weighted by Crippen LogP contribution is 2.03. The fourth-order valence-electron chi connectivity index (χ4n) is 2.18. The summed E-state index contributed by atoms with van der Waals surface area (Å²) in [5.41, 5.74) is 1.16. The van der Waals surface area contributed by atoms with Crippen LogP contribution in [-0.2, 0) is 24.9 Å². The number of aryl methyl sites for hydroxylation is 1. The molecular weight excluding hydrogens is 421 g/mol. The number of aromatic nitrogens is 1. The van der Waals surface area contributed by atoms with Crippen LogP contribution in [0.3, 0.4) is 0 Å². The molecule has 0 fully saturated rings. The van der Waals surface area contributed by atoms with Crippen molar-refractivity contribution >= 4 is 35.8 Å². The van der Waals surface area contributed by atoms with Gasteiger partial charge >= 0.3 is 0 Å². The van der Waals surface area contributed by atoms with Crippen LogP contribution >= 0.6 is 24.0 Å². The molecule has 0 saturated heterocycles. The SMILES string of the molecule is CN=C(NCC(=O)NCc1ccco1)N(C)Cc1cccn1C.I. The van der Waals surface area contributed by atoms with Gasteiger partial charge < -0.3 is 24.5 Å². The van der Waals surface area contributed by atoms with Crippen molar-refractivity contribution in [1.29, 1.82) is 0 Å². The predicted molar refractivity (Wildman–Crippen MR) is 104 cm³/mol. The summed E-state index contributed by atoms with van der Waals surface area (Å²) in [6, 6.07) is 7.67. The maximum absolute atomic E-state index is 11.9. The molecule has 0 aliphatic carbocycles. The Morgan fingerprint density at radius 3 is 2.71 bits per heavy atom. The summed E-state index contributed by atoms with van der Waals surface area (Å²) in [5, 5.41) is 5.84. The van der Waals surface area contributed by atoms with Gasteiger partial charge in [-0.3, -0.25) is 9.79 Å². The van der Waals surface area contributed by atoms with Crippen molar-refractivity contribution in [3.63, 3.8) is 0 Å². The molecule has 0 spiro atoms. The zero-order valence-electron chi connectivity index (χ0n) is 14.2. The van der Waals surface area contributed by atoms with Crippen LogP contribution in [0, 0.1) is 0 Å². The van der Waals surface area contributed by atoms with Crippen LogP contribution in [0.2, 0.25) is 0 Å². The number of furan rings is 1. The first-order valence-corrected chi connectivity index (χ1v) is 7.41. The van der Waals surface area contributed by atoms with Gasteiger partial charge in [0, 0.05) is 33.0 Å². The normalized spacial score (nSPS) is 10.9. The third-order valence-corrected chi connectivity index (χ3v) is 3.47. The first kappa shape index (κ1) is 20.1. The van der Waals surface area contributed by atoms with Crippen LogP contribution in [-0.4, -0.2) is 42.0 Å². The van der Waals surface area contributed by atoms with Gasteiger partial charge in [-0.25, -0.2) is 0 Å². The number of nitrogens with one attached hydrogen (secondary N) is 2. The molecule has 0 aromatic carbocycles. The molecule has 2 heterocycles. The zero-order chi connectivity index (χ0) is 16.7. The molecule has 0 aliphatic rings. The van der Waals surface area contributed by atoms with E-state index < -0.39 is 0 Å². The lowest BCUT2D eigenvalue weighted by Crippen LogP contribution is -2.43. The van der Waals surface area contributed by atoms with Crippen molar-refractivity contribution in [2.24, 2.45) is 12.0 Å². The van der Waals surface area contributed by atoms with Crippen molar-refractivity contribution in [2.45, 2.75) is 13.1 Å². The lowest BCUT2D eigenvalue weighted by molar-refractivity contribution is -0.120. The van der Waals surface area contributed by atoms with Gasteiger partial charge in [0.05, 0.1) is 25.9 Å². The highest BCUT2D eigenvalue weighted by molar-refractivity contribution is 14.0. The minimum absolute atomic E-state index is 0. The lowest BCUT2D eigenvalue weighted by atomic mass is 10.4. The first-order chi connectivity index (χ1) is 11.1. The summed E-state index contributed by atoms with van der Waals surface area (Å²) < 4.78 is 7.22. The van der Waals surface area contributed by atoms with Gasteiger partial charge in [-0.15, -0.1) is 24.0 Å². The molecule has 0 unspecified atom stereocenters. The number of aliphatic imine (C=N–C) groups is 1. The molecule has 2 N–H and O–H groups in total. The second kappa shape index (κ2) is 10.0. The molecule has 1 amide bonds. The van der Waals surface area contributed by atoms with Crippen molar-refractivity contribution in [3.8, 4) is 0 Å². The van der Waals surface area contributed by atoms with E-state index in [4.69, 9.17) is 4.42 Å². The number of halogens is 1. The van der Waals surface area contributed by atoms with Gasteiger partial charge in [0.25, 0.3) is 0 Å². The van der Waals surface area contributed by atoms with Crippen molar-refractivity contribution in [1.82, 2.24) is 20.1 Å². The Kier molecular flexibility index (Phi) is 8.37. The third kappa shape index (κ3) is 5.91. The molecule has 0 aliphatic heterocycles. The number of guanidine groups is 1. The number of amides is 1. The Hall–Kier alpha value is -1.97. The van der Waals surface area contributed by atoms with Crippen molar-refractivity contribution in [2.75, 3.05) is 20.6 Å². The minimum atomic E-state index is -0.116.